The second-order valence-electron chi connectivity index (χ2n) is 7.16. The topological polar surface area (TPSA) is 15.3 Å². The van der Waals surface area contributed by atoms with Crippen LogP contribution in [-0.4, -0.2) is 36.6 Å². The van der Waals surface area contributed by atoms with Gasteiger partial charge in [0.15, 0.2) is 0 Å². The van der Waals surface area contributed by atoms with E-state index in [1.54, 1.807) is 0 Å². The van der Waals surface area contributed by atoms with Crippen LogP contribution in [0.15, 0.2) is 0 Å². The Morgan fingerprint density at radius 2 is 1.83 bits per heavy atom. The van der Waals surface area contributed by atoms with E-state index in [4.69, 9.17) is 0 Å². The van der Waals surface area contributed by atoms with Crippen LogP contribution >= 0.6 is 0 Å². The molecule has 3 rings (SSSR count). The SMILES string of the molecule is CCC1CCN(CC2(C3CC3)CC2)CCC(C)N1. The van der Waals surface area contributed by atoms with E-state index in [9.17, 15) is 0 Å². The van der Waals surface area contributed by atoms with E-state index in [0.29, 0.717) is 6.04 Å². The summed E-state index contributed by atoms with van der Waals surface area (Å²) in [6, 6.07) is 1.45. The van der Waals surface area contributed by atoms with E-state index in [1.807, 2.05) is 0 Å². The van der Waals surface area contributed by atoms with Gasteiger partial charge in [-0.3, -0.25) is 0 Å². The normalized spacial score (nSPS) is 37.0. The van der Waals surface area contributed by atoms with Gasteiger partial charge in [0, 0.05) is 18.6 Å². The Morgan fingerprint density at radius 1 is 1.11 bits per heavy atom. The molecule has 1 aliphatic heterocycles. The molecule has 2 aliphatic carbocycles. The molecule has 3 fully saturated rings. The Hall–Kier alpha value is -0.0800. The van der Waals surface area contributed by atoms with Crippen molar-refractivity contribution in [3.05, 3.63) is 0 Å². The maximum absolute atomic E-state index is 3.78. The Labute approximate surface area is 113 Å². The monoisotopic (exact) mass is 250 g/mol. The van der Waals surface area contributed by atoms with Crippen molar-refractivity contribution in [2.24, 2.45) is 11.3 Å². The lowest BCUT2D eigenvalue weighted by molar-refractivity contribution is 0.169. The molecule has 0 bridgehead atoms. The first kappa shape index (κ1) is 12.9. The Balaban J connectivity index is 1.54. The molecule has 0 spiro atoms. The van der Waals surface area contributed by atoms with Crippen LogP contribution in [-0.2, 0) is 0 Å². The number of nitrogens with one attached hydrogen (secondary N) is 1. The fourth-order valence-electron chi connectivity index (χ4n) is 3.87. The molecular weight excluding hydrogens is 220 g/mol. The van der Waals surface area contributed by atoms with Gasteiger partial charge < -0.3 is 10.2 Å². The van der Waals surface area contributed by atoms with Crippen LogP contribution in [0.2, 0.25) is 0 Å². The van der Waals surface area contributed by atoms with Crippen LogP contribution in [0.4, 0.5) is 0 Å². The quantitative estimate of drug-likeness (QED) is 0.825. The van der Waals surface area contributed by atoms with Gasteiger partial charge in [0.2, 0.25) is 0 Å². The maximum atomic E-state index is 3.78. The Morgan fingerprint density at radius 3 is 2.44 bits per heavy atom. The minimum atomic E-state index is 0.703. The lowest BCUT2D eigenvalue weighted by Crippen LogP contribution is -2.45. The highest BCUT2D eigenvalue weighted by Gasteiger charge is 2.54. The molecule has 3 aliphatic rings. The predicted molar refractivity (Wildman–Crippen MR) is 76.7 cm³/mol. The van der Waals surface area contributed by atoms with Crippen molar-refractivity contribution in [1.82, 2.24) is 10.2 Å². The van der Waals surface area contributed by atoms with Crippen molar-refractivity contribution in [3.63, 3.8) is 0 Å². The van der Waals surface area contributed by atoms with Gasteiger partial charge in [0.25, 0.3) is 0 Å². The molecule has 1 N–H and O–H groups in total. The summed E-state index contributed by atoms with van der Waals surface area (Å²) in [7, 11) is 0. The average Bonchev–Trinajstić information content (AvgIpc) is 3.20. The van der Waals surface area contributed by atoms with Crippen LogP contribution in [0.5, 0.6) is 0 Å². The Kier molecular flexibility index (Phi) is 3.68. The highest BCUT2D eigenvalue weighted by molar-refractivity contribution is 5.05. The first-order chi connectivity index (χ1) is 8.72. The molecule has 0 amide bonds. The van der Waals surface area contributed by atoms with E-state index >= 15 is 0 Å². The molecule has 2 saturated carbocycles. The van der Waals surface area contributed by atoms with Crippen molar-refractivity contribution in [1.29, 1.82) is 0 Å². The number of hydrogen-bond acceptors (Lipinski definition) is 2. The number of hydrogen-bond donors (Lipinski definition) is 1. The first-order valence-corrected chi connectivity index (χ1v) is 8.20. The number of rotatable bonds is 4. The lowest BCUT2D eigenvalue weighted by Gasteiger charge is -2.34. The van der Waals surface area contributed by atoms with E-state index < -0.39 is 0 Å². The number of nitrogens with zero attached hydrogens (tertiary/aromatic N) is 1. The zero-order chi connectivity index (χ0) is 12.6. The molecule has 0 aromatic heterocycles. The van der Waals surface area contributed by atoms with Crippen LogP contribution < -0.4 is 5.32 Å². The van der Waals surface area contributed by atoms with Gasteiger partial charge in [-0.15, -0.1) is 0 Å². The largest absolute Gasteiger partial charge is 0.311 e. The van der Waals surface area contributed by atoms with Gasteiger partial charge in [0.1, 0.15) is 0 Å². The molecule has 104 valence electrons. The third kappa shape index (κ3) is 2.91. The lowest BCUT2D eigenvalue weighted by atomic mass is 9.98. The molecule has 0 aromatic carbocycles. The van der Waals surface area contributed by atoms with Gasteiger partial charge in [-0.2, -0.15) is 0 Å². The van der Waals surface area contributed by atoms with Crippen molar-refractivity contribution in [2.75, 3.05) is 19.6 Å². The molecule has 1 heterocycles. The summed E-state index contributed by atoms with van der Waals surface area (Å²) in [6.45, 7) is 8.75. The van der Waals surface area contributed by atoms with Gasteiger partial charge in [0.05, 0.1) is 0 Å². The molecule has 18 heavy (non-hydrogen) atoms. The molecule has 2 heteroatoms. The molecule has 2 nitrogen and oxygen atoms in total. The van der Waals surface area contributed by atoms with Crippen LogP contribution in [0.1, 0.15) is 58.8 Å². The zero-order valence-electron chi connectivity index (χ0n) is 12.3. The van der Waals surface area contributed by atoms with Crippen LogP contribution in [0, 0.1) is 11.3 Å². The van der Waals surface area contributed by atoms with Gasteiger partial charge >= 0.3 is 0 Å². The fraction of sp³-hybridized carbons (Fsp3) is 1.00. The summed E-state index contributed by atoms with van der Waals surface area (Å²) in [5.74, 6) is 1.11. The van der Waals surface area contributed by atoms with Crippen molar-refractivity contribution >= 4 is 0 Å². The second kappa shape index (κ2) is 5.13. The molecule has 0 aromatic rings. The summed E-state index contributed by atoms with van der Waals surface area (Å²) in [4.78, 5) is 2.80. The highest BCUT2D eigenvalue weighted by Crippen LogP contribution is 2.61. The molecular formula is C16H30N2. The second-order valence-corrected chi connectivity index (χ2v) is 7.16. The summed E-state index contributed by atoms with van der Waals surface area (Å²) < 4.78 is 0. The van der Waals surface area contributed by atoms with E-state index in [-0.39, 0.29) is 0 Å². The van der Waals surface area contributed by atoms with Crippen LogP contribution in [0.25, 0.3) is 0 Å². The Bertz CT molecular complexity index is 281. The van der Waals surface area contributed by atoms with Crippen LogP contribution in [0.3, 0.4) is 0 Å². The summed E-state index contributed by atoms with van der Waals surface area (Å²) in [5, 5.41) is 3.78. The summed E-state index contributed by atoms with van der Waals surface area (Å²) in [5.41, 5.74) is 0.789. The third-order valence-electron chi connectivity index (χ3n) is 5.56. The van der Waals surface area contributed by atoms with Crippen molar-refractivity contribution < 1.29 is 0 Å². The average molecular weight is 250 g/mol. The summed E-state index contributed by atoms with van der Waals surface area (Å²) in [6.07, 6.45) is 10.1. The maximum Gasteiger partial charge on any atom is 0.00790 e. The molecule has 2 atom stereocenters. The van der Waals surface area contributed by atoms with E-state index in [1.165, 1.54) is 64.6 Å². The smallest absolute Gasteiger partial charge is 0.00790 e. The van der Waals surface area contributed by atoms with Crippen molar-refractivity contribution in [2.45, 2.75) is 70.9 Å². The first-order valence-electron chi connectivity index (χ1n) is 8.20. The highest BCUT2D eigenvalue weighted by atomic mass is 15.2. The molecule has 2 unspecified atom stereocenters. The van der Waals surface area contributed by atoms with E-state index in [0.717, 1.165) is 17.4 Å². The molecule has 0 radical (unpaired) electrons. The molecule has 1 saturated heterocycles. The standard InChI is InChI=1S/C16H30N2/c1-3-15-7-11-18(10-6-13(2)17-15)12-16(8-9-16)14-4-5-14/h13-15,17H,3-12H2,1-2H3. The fourth-order valence-corrected chi connectivity index (χ4v) is 3.87. The van der Waals surface area contributed by atoms with Gasteiger partial charge in [-0.1, -0.05) is 6.92 Å². The predicted octanol–water partition coefficient (Wildman–Crippen LogP) is 3.03. The van der Waals surface area contributed by atoms with E-state index in [2.05, 4.69) is 24.1 Å². The third-order valence-corrected chi connectivity index (χ3v) is 5.56. The van der Waals surface area contributed by atoms with Gasteiger partial charge in [-0.25, -0.2) is 0 Å². The van der Waals surface area contributed by atoms with Crippen molar-refractivity contribution in [3.8, 4) is 0 Å². The van der Waals surface area contributed by atoms with Gasteiger partial charge in [-0.05, 0) is 76.3 Å². The summed E-state index contributed by atoms with van der Waals surface area (Å²) >= 11 is 0. The minimum absolute atomic E-state index is 0.703. The zero-order valence-corrected chi connectivity index (χ0v) is 12.3. The minimum Gasteiger partial charge on any atom is -0.311 e.